The van der Waals surface area contributed by atoms with E-state index >= 15 is 0 Å². The lowest BCUT2D eigenvalue weighted by atomic mass is 9.92. The molecule has 0 aromatic carbocycles. The summed E-state index contributed by atoms with van der Waals surface area (Å²) in [5.41, 5.74) is 2.83. The molecule has 7 heteroatoms. The second kappa shape index (κ2) is 5.22. The first kappa shape index (κ1) is 14.2. The molecule has 0 amide bonds. The van der Waals surface area contributed by atoms with Gasteiger partial charge in [0, 0.05) is 25.6 Å². The summed E-state index contributed by atoms with van der Waals surface area (Å²) in [4.78, 5) is 4.42. The monoisotopic (exact) mass is 304 g/mol. The van der Waals surface area contributed by atoms with Gasteiger partial charge in [0.25, 0.3) is 0 Å². The van der Waals surface area contributed by atoms with Crippen molar-refractivity contribution in [1.82, 2.24) is 20.4 Å². The van der Waals surface area contributed by atoms with E-state index in [1.165, 1.54) is 0 Å². The van der Waals surface area contributed by atoms with E-state index in [4.69, 9.17) is 0 Å². The zero-order chi connectivity index (χ0) is 15.0. The lowest BCUT2D eigenvalue weighted by Crippen LogP contribution is -2.59. The Bertz CT molecular complexity index is 583. The second-order valence-electron chi connectivity index (χ2n) is 6.42. The molecule has 6 nitrogen and oxygen atoms in total. The molecule has 0 saturated carbocycles. The first-order valence-corrected chi connectivity index (χ1v) is 7.91. The number of likely N-dealkylation sites (N-methyl/N-ethyl adjacent to an activating group) is 1. The summed E-state index contributed by atoms with van der Waals surface area (Å²) < 4.78 is 0. The lowest BCUT2D eigenvalue weighted by Gasteiger charge is -2.44. The summed E-state index contributed by atoms with van der Waals surface area (Å²) >= 11 is 1.57. The van der Waals surface area contributed by atoms with Crippen molar-refractivity contribution in [3.8, 4) is 0 Å². The van der Waals surface area contributed by atoms with Crippen molar-refractivity contribution in [2.24, 2.45) is 0 Å². The number of hydrogen-bond acceptors (Lipinski definition) is 7. The highest BCUT2D eigenvalue weighted by Crippen LogP contribution is 2.26. The minimum Gasteiger partial charge on any atom is -0.351 e. The van der Waals surface area contributed by atoms with Crippen molar-refractivity contribution >= 4 is 22.3 Å². The molecular formula is C14H20N6S. The van der Waals surface area contributed by atoms with Gasteiger partial charge in [-0.3, -0.25) is 0 Å². The highest BCUT2D eigenvalue weighted by atomic mass is 32.1. The van der Waals surface area contributed by atoms with Crippen molar-refractivity contribution in [3.05, 3.63) is 23.3 Å². The normalized spacial score (nSPS) is 15.9. The highest BCUT2D eigenvalue weighted by Gasteiger charge is 2.32. The predicted octanol–water partition coefficient (Wildman–Crippen LogP) is 1.95. The van der Waals surface area contributed by atoms with E-state index in [-0.39, 0.29) is 5.41 Å². The molecule has 2 aromatic rings. The van der Waals surface area contributed by atoms with E-state index in [0.29, 0.717) is 6.04 Å². The van der Waals surface area contributed by atoms with Crippen LogP contribution in [0.1, 0.15) is 26.5 Å². The van der Waals surface area contributed by atoms with E-state index in [2.05, 4.69) is 70.1 Å². The smallest absolute Gasteiger partial charge is 0.208 e. The van der Waals surface area contributed by atoms with Crippen LogP contribution >= 0.6 is 11.3 Å². The zero-order valence-corrected chi connectivity index (χ0v) is 13.6. The molecule has 0 atom stereocenters. The lowest BCUT2D eigenvalue weighted by molar-refractivity contribution is 0.486. The number of hydrogen-bond donors (Lipinski definition) is 0. The van der Waals surface area contributed by atoms with Gasteiger partial charge in [-0.25, -0.2) is 0 Å². The molecule has 0 unspecified atom stereocenters. The second-order valence-corrected chi connectivity index (χ2v) is 7.23. The van der Waals surface area contributed by atoms with Crippen molar-refractivity contribution in [2.45, 2.75) is 32.2 Å². The highest BCUT2D eigenvalue weighted by molar-refractivity contribution is 7.13. The standard InChI is InChI=1S/C14H20N6S/c1-14(2,3)11-5-6-12(17-16-11)20-7-10(8-20)19(4)13-18-15-9-21-13/h5-6,9-10H,7-8H2,1-4H3. The third-order valence-corrected chi connectivity index (χ3v) is 4.58. The molecule has 112 valence electrons. The van der Waals surface area contributed by atoms with Gasteiger partial charge in [0.05, 0.1) is 11.7 Å². The van der Waals surface area contributed by atoms with Crippen molar-refractivity contribution in [3.63, 3.8) is 0 Å². The number of nitrogens with zero attached hydrogens (tertiary/aromatic N) is 6. The molecule has 1 aliphatic heterocycles. The van der Waals surface area contributed by atoms with Crippen LogP contribution in [0.5, 0.6) is 0 Å². The SMILES string of the molecule is CN(c1nncs1)C1CN(c2ccc(C(C)(C)C)nn2)C1. The maximum atomic E-state index is 4.36. The Kier molecular flexibility index (Phi) is 3.52. The zero-order valence-electron chi connectivity index (χ0n) is 12.8. The average Bonchev–Trinajstić information content (AvgIpc) is 2.90. The van der Waals surface area contributed by atoms with Crippen LogP contribution in [-0.2, 0) is 5.41 Å². The quantitative estimate of drug-likeness (QED) is 0.864. The summed E-state index contributed by atoms with van der Waals surface area (Å²) in [6, 6.07) is 4.60. The Morgan fingerprint density at radius 2 is 1.95 bits per heavy atom. The van der Waals surface area contributed by atoms with E-state index in [0.717, 1.165) is 29.7 Å². The van der Waals surface area contributed by atoms with Gasteiger partial charge in [-0.2, -0.15) is 5.10 Å². The largest absolute Gasteiger partial charge is 0.351 e. The van der Waals surface area contributed by atoms with E-state index < -0.39 is 0 Å². The molecule has 1 fully saturated rings. The molecule has 3 rings (SSSR count). The molecule has 0 aliphatic carbocycles. The third kappa shape index (κ3) is 2.83. The Balaban J connectivity index is 1.61. The Morgan fingerprint density at radius 3 is 2.48 bits per heavy atom. The van der Waals surface area contributed by atoms with Gasteiger partial charge in [-0.1, -0.05) is 32.1 Å². The van der Waals surface area contributed by atoms with Crippen LogP contribution < -0.4 is 9.80 Å². The van der Waals surface area contributed by atoms with E-state index in [9.17, 15) is 0 Å². The summed E-state index contributed by atoms with van der Waals surface area (Å²) in [6.07, 6.45) is 0. The molecule has 0 radical (unpaired) electrons. The first-order valence-electron chi connectivity index (χ1n) is 7.03. The van der Waals surface area contributed by atoms with Crippen LogP contribution in [0.15, 0.2) is 17.6 Å². The van der Waals surface area contributed by atoms with Crippen LogP contribution in [0.3, 0.4) is 0 Å². The van der Waals surface area contributed by atoms with Gasteiger partial charge in [-0.15, -0.1) is 15.3 Å². The summed E-state index contributed by atoms with van der Waals surface area (Å²) in [5, 5.41) is 17.7. The third-order valence-electron chi connectivity index (χ3n) is 3.80. The van der Waals surface area contributed by atoms with Crippen LogP contribution in [0.2, 0.25) is 0 Å². The maximum Gasteiger partial charge on any atom is 0.208 e. The molecule has 3 heterocycles. The minimum absolute atomic E-state index is 0.0427. The van der Waals surface area contributed by atoms with Crippen molar-refractivity contribution < 1.29 is 0 Å². The van der Waals surface area contributed by atoms with Crippen LogP contribution in [-0.4, -0.2) is 46.6 Å². The Morgan fingerprint density at radius 1 is 1.19 bits per heavy atom. The van der Waals surface area contributed by atoms with Crippen molar-refractivity contribution in [2.75, 3.05) is 29.9 Å². The molecule has 0 N–H and O–H groups in total. The van der Waals surface area contributed by atoms with Crippen LogP contribution in [0, 0.1) is 0 Å². The molecule has 2 aromatic heterocycles. The van der Waals surface area contributed by atoms with Gasteiger partial charge >= 0.3 is 0 Å². The van der Waals surface area contributed by atoms with Gasteiger partial charge in [0.1, 0.15) is 5.51 Å². The van der Waals surface area contributed by atoms with E-state index in [1.807, 2.05) is 0 Å². The Labute approximate surface area is 128 Å². The number of aromatic nitrogens is 4. The maximum absolute atomic E-state index is 4.36. The fourth-order valence-corrected chi connectivity index (χ4v) is 2.86. The molecule has 1 aliphatic rings. The van der Waals surface area contributed by atoms with Gasteiger partial charge in [0.15, 0.2) is 5.82 Å². The Hall–Kier alpha value is -1.76. The summed E-state index contributed by atoms with van der Waals surface area (Å²) in [5.74, 6) is 0.949. The molecule has 0 bridgehead atoms. The number of rotatable bonds is 3. The summed E-state index contributed by atoms with van der Waals surface area (Å²) in [7, 11) is 2.07. The van der Waals surface area contributed by atoms with Gasteiger partial charge < -0.3 is 9.80 Å². The molecular weight excluding hydrogens is 284 g/mol. The molecule has 1 saturated heterocycles. The fourth-order valence-electron chi connectivity index (χ4n) is 2.26. The number of anilines is 2. The molecule has 0 spiro atoms. The minimum atomic E-state index is 0.0427. The fraction of sp³-hybridized carbons (Fsp3) is 0.571. The average molecular weight is 304 g/mol. The first-order chi connectivity index (χ1) is 9.95. The van der Waals surface area contributed by atoms with Crippen LogP contribution in [0.25, 0.3) is 0 Å². The summed E-state index contributed by atoms with van der Waals surface area (Å²) in [6.45, 7) is 8.33. The topological polar surface area (TPSA) is 58.0 Å². The predicted molar refractivity (Wildman–Crippen MR) is 85.0 cm³/mol. The van der Waals surface area contributed by atoms with Gasteiger partial charge in [0.2, 0.25) is 5.13 Å². The van der Waals surface area contributed by atoms with E-state index in [1.54, 1.807) is 16.8 Å². The van der Waals surface area contributed by atoms with Gasteiger partial charge in [-0.05, 0) is 12.1 Å². The van der Waals surface area contributed by atoms with Crippen molar-refractivity contribution in [1.29, 1.82) is 0 Å². The van der Waals surface area contributed by atoms with Crippen LogP contribution in [0.4, 0.5) is 10.9 Å². The molecule has 21 heavy (non-hydrogen) atoms.